The van der Waals surface area contributed by atoms with Crippen LogP contribution in [-0.4, -0.2) is 50.9 Å². The quantitative estimate of drug-likeness (QED) is 0.257. The highest BCUT2D eigenvalue weighted by Gasteiger charge is 2.34. The average molecular weight is 528 g/mol. The predicted molar refractivity (Wildman–Crippen MR) is 151 cm³/mol. The maximum Gasteiger partial charge on any atom is 0.266 e. The molecule has 0 spiro atoms. The molecule has 196 valence electrons. The fraction of sp³-hybridized carbons (Fsp3) is 0.355. The van der Waals surface area contributed by atoms with Gasteiger partial charge in [-0.1, -0.05) is 48.5 Å². The van der Waals surface area contributed by atoms with Gasteiger partial charge in [0.15, 0.2) is 5.78 Å². The molecule has 5 rings (SSSR count). The number of carbonyl (C=O) groups excluding carboxylic acids is 2. The Hall–Kier alpha value is -3.42. The number of aryl methyl sites for hydroxylation is 1. The van der Waals surface area contributed by atoms with Crippen LogP contribution < -0.4 is 0 Å². The molecule has 2 aromatic heterocycles. The van der Waals surface area contributed by atoms with Crippen molar-refractivity contribution in [2.75, 3.05) is 13.2 Å². The number of hydrogen-bond donors (Lipinski definition) is 1. The molecule has 1 fully saturated rings. The zero-order chi connectivity index (χ0) is 26.5. The van der Waals surface area contributed by atoms with Gasteiger partial charge in [0.1, 0.15) is 4.88 Å². The van der Waals surface area contributed by atoms with Gasteiger partial charge in [-0.05, 0) is 57.1 Å². The molecule has 38 heavy (non-hydrogen) atoms. The van der Waals surface area contributed by atoms with Gasteiger partial charge >= 0.3 is 0 Å². The van der Waals surface area contributed by atoms with Crippen LogP contribution in [0.3, 0.4) is 0 Å². The van der Waals surface area contributed by atoms with Crippen LogP contribution in [0.4, 0.5) is 0 Å². The van der Waals surface area contributed by atoms with Gasteiger partial charge in [-0.15, -0.1) is 11.3 Å². The van der Waals surface area contributed by atoms with Gasteiger partial charge in [-0.3, -0.25) is 14.6 Å². The number of piperidine rings is 1. The van der Waals surface area contributed by atoms with Gasteiger partial charge < -0.3 is 10.0 Å². The first kappa shape index (κ1) is 26.2. The second-order valence-corrected chi connectivity index (χ2v) is 11.2. The SMILES string of the molecule is Cc1nc(-c2ccccc2)c(C(=O)N2CC(CCCO)CCC2CCC(=O)c2cccc3cccnc23)s1. The number of para-hydroxylation sites is 1. The number of pyridine rings is 1. The topological polar surface area (TPSA) is 83.4 Å². The maximum absolute atomic E-state index is 14.1. The molecular weight excluding hydrogens is 494 g/mol. The molecule has 0 bridgehead atoms. The van der Waals surface area contributed by atoms with Gasteiger partial charge in [0.2, 0.25) is 0 Å². The molecule has 4 aromatic rings. The summed E-state index contributed by atoms with van der Waals surface area (Å²) in [5.41, 5.74) is 3.03. The Morgan fingerprint density at radius 2 is 1.84 bits per heavy atom. The Labute approximate surface area is 227 Å². The van der Waals surface area contributed by atoms with Crippen molar-refractivity contribution < 1.29 is 14.7 Å². The number of hydrogen-bond acceptors (Lipinski definition) is 6. The number of aliphatic hydroxyl groups excluding tert-OH is 1. The third-order valence-electron chi connectivity index (χ3n) is 7.45. The molecule has 1 aliphatic rings. The van der Waals surface area contributed by atoms with Crippen molar-refractivity contribution in [3.8, 4) is 11.3 Å². The molecule has 3 heterocycles. The van der Waals surface area contributed by atoms with Crippen molar-refractivity contribution in [3.63, 3.8) is 0 Å². The minimum Gasteiger partial charge on any atom is -0.396 e. The predicted octanol–water partition coefficient (Wildman–Crippen LogP) is 6.32. The second-order valence-electron chi connectivity index (χ2n) is 10.0. The number of nitrogens with zero attached hydrogens (tertiary/aromatic N) is 3. The Bertz CT molecular complexity index is 1410. The summed E-state index contributed by atoms with van der Waals surface area (Å²) >= 11 is 1.44. The summed E-state index contributed by atoms with van der Waals surface area (Å²) in [6.45, 7) is 2.73. The van der Waals surface area contributed by atoms with E-state index in [4.69, 9.17) is 4.98 Å². The van der Waals surface area contributed by atoms with Crippen LogP contribution in [0.5, 0.6) is 0 Å². The summed E-state index contributed by atoms with van der Waals surface area (Å²) in [5.74, 6) is 0.393. The Kier molecular flexibility index (Phi) is 8.25. The van der Waals surface area contributed by atoms with Crippen LogP contribution in [0.25, 0.3) is 22.2 Å². The van der Waals surface area contributed by atoms with E-state index in [0.717, 1.165) is 52.9 Å². The molecule has 1 saturated heterocycles. The van der Waals surface area contributed by atoms with Crippen LogP contribution in [0.1, 0.15) is 63.6 Å². The standard InChI is InChI=1S/C31H33N3O3S/c1-21-33-29(24-9-3-2-4-10-24)30(38-21)31(37)34-20-22(8-7-19-35)14-15-25(34)16-17-27(36)26-13-5-11-23-12-6-18-32-28(23)26/h2-6,9-13,18,22,25,35H,7-8,14-17,19-20H2,1H3. The van der Waals surface area contributed by atoms with E-state index in [1.165, 1.54) is 11.3 Å². The summed E-state index contributed by atoms with van der Waals surface area (Å²) in [6.07, 6.45) is 6.15. The first-order valence-electron chi connectivity index (χ1n) is 13.4. The zero-order valence-electron chi connectivity index (χ0n) is 21.7. The molecule has 0 aliphatic carbocycles. The van der Waals surface area contributed by atoms with Crippen LogP contribution in [0, 0.1) is 12.8 Å². The van der Waals surface area contributed by atoms with Gasteiger partial charge in [0.05, 0.1) is 16.2 Å². The first-order chi connectivity index (χ1) is 18.5. The van der Waals surface area contributed by atoms with Gasteiger partial charge in [0, 0.05) is 48.3 Å². The van der Waals surface area contributed by atoms with Crippen molar-refractivity contribution in [1.82, 2.24) is 14.9 Å². The van der Waals surface area contributed by atoms with E-state index in [9.17, 15) is 14.7 Å². The van der Waals surface area contributed by atoms with Crippen molar-refractivity contribution in [1.29, 1.82) is 0 Å². The number of carbonyl (C=O) groups is 2. The van der Waals surface area contributed by atoms with Crippen molar-refractivity contribution in [2.24, 2.45) is 5.92 Å². The number of thiazole rings is 1. The van der Waals surface area contributed by atoms with Crippen LogP contribution in [0.15, 0.2) is 66.9 Å². The van der Waals surface area contributed by atoms with E-state index in [1.807, 2.05) is 72.5 Å². The average Bonchev–Trinajstić information content (AvgIpc) is 3.36. The normalized spacial score (nSPS) is 17.6. The number of Topliss-reactive ketones (excluding diaryl/α,β-unsaturated/α-hetero) is 1. The molecule has 1 aliphatic heterocycles. The summed E-state index contributed by atoms with van der Waals surface area (Å²) in [7, 11) is 0. The van der Waals surface area contributed by atoms with E-state index in [1.54, 1.807) is 6.20 Å². The lowest BCUT2D eigenvalue weighted by molar-refractivity contribution is 0.0498. The molecule has 2 unspecified atom stereocenters. The molecule has 1 amide bonds. The number of amides is 1. The fourth-order valence-corrected chi connectivity index (χ4v) is 6.42. The number of likely N-dealkylation sites (tertiary alicyclic amines) is 1. The van der Waals surface area contributed by atoms with Crippen molar-refractivity contribution in [2.45, 2.75) is 51.5 Å². The number of benzene rings is 2. The summed E-state index contributed by atoms with van der Waals surface area (Å²) in [6, 6.07) is 19.4. The smallest absolute Gasteiger partial charge is 0.266 e. The Balaban J connectivity index is 1.38. The summed E-state index contributed by atoms with van der Waals surface area (Å²) in [5, 5.41) is 11.2. The molecule has 6 nitrogen and oxygen atoms in total. The van der Waals surface area contributed by atoms with E-state index in [-0.39, 0.29) is 24.3 Å². The minimum absolute atomic E-state index is 0.00701. The van der Waals surface area contributed by atoms with Crippen LogP contribution in [0.2, 0.25) is 0 Å². The lowest BCUT2D eigenvalue weighted by Gasteiger charge is -2.40. The van der Waals surface area contributed by atoms with Gasteiger partial charge in [-0.25, -0.2) is 4.98 Å². The highest BCUT2D eigenvalue weighted by Crippen LogP contribution is 2.34. The zero-order valence-corrected chi connectivity index (χ0v) is 22.5. The van der Waals surface area contributed by atoms with E-state index >= 15 is 0 Å². The molecule has 7 heteroatoms. The number of aliphatic hydroxyl groups is 1. The van der Waals surface area contributed by atoms with Crippen molar-refractivity contribution >= 4 is 33.9 Å². The van der Waals surface area contributed by atoms with Crippen LogP contribution in [-0.2, 0) is 0 Å². The van der Waals surface area contributed by atoms with Gasteiger partial charge in [0.25, 0.3) is 5.91 Å². The number of aromatic nitrogens is 2. The maximum atomic E-state index is 14.1. The molecular formula is C31H33N3O3S. The second kappa shape index (κ2) is 12.0. The first-order valence-corrected chi connectivity index (χ1v) is 14.2. The largest absolute Gasteiger partial charge is 0.396 e. The number of ketones is 1. The Morgan fingerprint density at radius 1 is 1.03 bits per heavy atom. The highest BCUT2D eigenvalue weighted by molar-refractivity contribution is 7.14. The van der Waals surface area contributed by atoms with Crippen molar-refractivity contribution in [3.05, 3.63) is 82.3 Å². The summed E-state index contributed by atoms with van der Waals surface area (Å²) in [4.78, 5) is 39.2. The van der Waals surface area contributed by atoms with E-state index in [2.05, 4.69) is 4.98 Å². The lowest BCUT2D eigenvalue weighted by atomic mass is 9.86. The van der Waals surface area contributed by atoms with E-state index < -0.39 is 0 Å². The number of fused-ring (bicyclic) bond motifs is 1. The third kappa shape index (κ3) is 5.69. The lowest BCUT2D eigenvalue weighted by Crippen LogP contribution is -2.47. The van der Waals surface area contributed by atoms with Crippen LogP contribution >= 0.6 is 11.3 Å². The molecule has 0 saturated carbocycles. The third-order valence-corrected chi connectivity index (χ3v) is 8.41. The number of rotatable bonds is 9. The molecule has 0 radical (unpaired) electrons. The fourth-order valence-electron chi connectivity index (χ4n) is 5.52. The highest BCUT2D eigenvalue weighted by atomic mass is 32.1. The summed E-state index contributed by atoms with van der Waals surface area (Å²) < 4.78 is 0. The monoisotopic (exact) mass is 527 g/mol. The van der Waals surface area contributed by atoms with Gasteiger partial charge in [-0.2, -0.15) is 0 Å². The Morgan fingerprint density at radius 3 is 2.66 bits per heavy atom. The minimum atomic E-state index is -0.0224. The molecule has 2 atom stereocenters. The molecule has 2 aromatic carbocycles. The molecule has 1 N–H and O–H groups in total. The van der Waals surface area contributed by atoms with E-state index in [0.29, 0.717) is 35.7 Å².